The zero-order chi connectivity index (χ0) is 14.9. The molecule has 0 N–H and O–H groups in total. The Bertz CT molecular complexity index is 752. The lowest BCUT2D eigenvalue weighted by Gasteiger charge is -2.11. The van der Waals surface area contributed by atoms with Crippen molar-refractivity contribution in [3.8, 4) is 0 Å². The molecule has 0 saturated carbocycles. The van der Waals surface area contributed by atoms with Crippen molar-refractivity contribution < 1.29 is 17.6 Å². The Morgan fingerprint density at radius 3 is 2.45 bits per heavy atom. The van der Waals surface area contributed by atoms with Crippen molar-refractivity contribution in [1.82, 2.24) is 0 Å². The minimum Gasteiger partial charge on any atom is -0.292 e. The number of sulfone groups is 1. The maximum atomic E-state index is 13.6. The summed E-state index contributed by atoms with van der Waals surface area (Å²) >= 11 is 6.72. The van der Waals surface area contributed by atoms with E-state index in [0.717, 1.165) is 23.5 Å². The molecule has 0 bridgehead atoms. The van der Waals surface area contributed by atoms with Crippen molar-refractivity contribution in [3.05, 3.63) is 51.4 Å². The van der Waals surface area contributed by atoms with Gasteiger partial charge in [-0.3, -0.25) is 4.79 Å². The highest BCUT2D eigenvalue weighted by Crippen LogP contribution is 2.26. The molecule has 0 aliphatic carbocycles. The molecule has 0 aliphatic heterocycles. The fourth-order valence-corrected chi connectivity index (χ4v) is 4.20. The van der Waals surface area contributed by atoms with Crippen LogP contribution in [0, 0.1) is 5.82 Å². The SMILES string of the molecule is CC(C(=O)c1ccc(Cl)s1)S(=O)(=O)c1ccccc1F. The summed E-state index contributed by atoms with van der Waals surface area (Å²) in [6.45, 7) is 1.25. The summed E-state index contributed by atoms with van der Waals surface area (Å²) in [5.74, 6) is -1.46. The molecule has 1 aromatic carbocycles. The minimum atomic E-state index is -4.07. The van der Waals surface area contributed by atoms with Crippen molar-refractivity contribution in [2.75, 3.05) is 0 Å². The average molecular weight is 333 g/mol. The summed E-state index contributed by atoms with van der Waals surface area (Å²) in [5.41, 5.74) is 0. The summed E-state index contributed by atoms with van der Waals surface area (Å²) in [6, 6.07) is 7.97. The predicted octanol–water partition coefficient (Wildman–Crippen LogP) is 3.59. The highest BCUT2D eigenvalue weighted by atomic mass is 35.5. The lowest BCUT2D eigenvalue weighted by Crippen LogP contribution is -2.27. The fourth-order valence-electron chi connectivity index (χ4n) is 1.65. The number of hydrogen-bond donors (Lipinski definition) is 0. The molecule has 1 atom stereocenters. The number of halogens is 2. The van der Waals surface area contributed by atoms with Crippen molar-refractivity contribution in [1.29, 1.82) is 0 Å². The minimum absolute atomic E-state index is 0.238. The van der Waals surface area contributed by atoms with E-state index in [2.05, 4.69) is 0 Å². The Hall–Kier alpha value is -1.24. The summed E-state index contributed by atoms with van der Waals surface area (Å²) < 4.78 is 38.6. The Balaban J connectivity index is 2.40. The monoisotopic (exact) mass is 332 g/mol. The van der Waals surface area contributed by atoms with Gasteiger partial charge in [-0.1, -0.05) is 23.7 Å². The van der Waals surface area contributed by atoms with Crippen LogP contribution in [0.15, 0.2) is 41.3 Å². The van der Waals surface area contributed by atoms with E-state index in [9.17, 15) is 17.6 Å². The smallest absolute Gasteiger partial charge is 0.191 e. The standard InChI is InChI=1S/C13H10ClFO3S2/c1-8(13(16)10-6-7-12(14)19-10)20(17,18)11-5-3-2-4-9(11)15/h2-8H,1H3. The van der Waals surface area contributed by atoms with E-state index < -0.39 is 31.6 Å². The molecule has 0 aliphatic rings. The highest BCUT2D eigenvalue weighted by molar-refractivity contribution is 7.92. The van der Waals surface area contributed by atoms with Crippen LogP contribution in [-0.2, 0) is 9.84 Å². The second-order valence-corrected chi connectivity index (χ2v) is 8.04. The number of benzene rings is 1. The van der Waals surface area contributed by atoms with Gasteiger partial charge in [0.2, 0.25) is 0 Å². The third-order valence-corrected chi connectivity index (χ3v) is 6.13. The number of carbonyl (C=O) groups is 1. The molecule has 1 heterocycles. The first-order valence-corrected chi connectivity index (χ1v) is 8.36. The molecule has 0 fully saturated rings. The maximum Gasteiger partial charge on any atom is 0.191 e. The second-order valence-electron chi connectivity index (χ2n) is 4.09. The molecule has 2 rings (SSSR count). The molecular weight excluding hydrogens is 323 g/mol. The van der Waals surface area contributed by atoms with E-state index in [1.807, 2.05) is 0 Å². The molecule has 0 amide bonds. The lowest BCUT2D eigenvalue weighted by atomic mass is 10.2. The first-order valence-electron chi connectivity index (χ1n) is 5.62. The van der Waals surface area contributed by atoms with Gasteiger partial charge in [-0.25, -0.2) is 12.8 Å². The van der Waals surface area contributed by atoms with Gasteiger partial charge in [-0.2, -0.15) is 0 Å². The molecule has 0 saturated heterocycles. The van der Waals surface area contributed by atoms with Crippen LogP contribution < -0.4 is 0 Å². The molecule has 3 nitrogen and oxygen atoms in total. The predicted molar refractivity (Wildman–Crippen MR) is 76.7 cm³/mol. The van der Waals surface area contributed by atoms with Gasteiger partial charge in [-0.05, 0) is 31.2 Å². The van der Waals surface area contributed by atoms with E-state index in [4.69, 9.17) is 11.6 Å². The first kappa shape index (κ1) is 15.2. The van der Waals surface area contributed by atoms with Crippen LogP contribution in [0.4, 0.5) is 4.39 Å². The number of thiophene rings is 1. The summed E-state index contributed by atoms with van der Waals surface area (Å²) in [6.07, 6.45) is 0. The van der Waals surface area contributed by atoms with Crippen molar-refractivity contribution in [3.63, 3.8) is 0 Å². The van der Waals surface area contributed by atoms with Crippen LogP contribution in [0.3, 0.4) is 0 Å². The lowest BCUT2D eigenvalue weighted by molar-refractivity contribution is 0.0995. The van der Waals surface area contributed by atoms with Gasteiger partial charge in [0.05, 0.1) is 9.21 Å². The Labute approximate surface area is 124 Å². The number of ketones is 1. The molecule has 1 unspecified atom stereocenters. The second kappa shape index (κ2) is 5.63. The highest BCUT2D eigenvalue weighted by Gasteiger charge is 2.33. The molecule has 0 spiro atoms. The number of Topliss-reactive ketones (excluding diaryl/α,β-unsaturated/α-hetero) is 1. The zero-order valence-corrected chi connectivity index (χ0v) is 12.7. The van der Waals surface area contributed by atoms with Crippen LogP contribution in [0.1, 0.15) is 16.6 Å². The normalized spacial score (nSPS) is 13.2. The van der Waals surface area contributed by atoms with Crippen molar-refractivity contribution in [2.24, 2.45) is 0 Å². The quantitative estimate of drug-likeness (QED) is 0.804. The van der Waals surface area contributed by atoms with E-state index in [1.54, 1.807) is 0 Å². The van der Waals surface area contributed by atoms with Crippen LogP contribution in [0.25, 0.3) is 0 Å². The van der Waals surface area contributed by atoms with Gasteiger partial charge in [0.25, 0.3) is 0 Å². The van der Waals surface area contributed by atoms with Crippen LogP contribution in [-0.4, -0.2) is 19.5 Å². The zero-order valence-electron chi connectivity index (χ0n) is 10.3. The van der Waals surface area contributed by atoms with Crippen LogP contribution in [0.2, 0.25) is 4.34 Å². The Morgan fingerprint density at radius 2 is 1.90 bits per heavy atom. The summed E-state index contributed by atoms with van der Waals surface area (Å²) in [7, 11) is -4.07. The Morgan fingerprint density at radius 1 is 1.25 bits per heavy atom. The van der Waals surface area contributed by atoms with Gasteiger partial charge in [0, 0.05) is 0 Å². The molecule has 0 radical (unpaired) electrons. The topological polar surface area (TPSA) is 51.2 Å². The number of rotatable bonds is 4. The van der Waals surface area contributed by atoms with Gasteiger partial charge >= 0.3 is 0 Å². The Kier molecular flexibility index (Phi) is 4.27. The van der Waals surface area contributed by atoms with Gasteiger partial charge in [0.1, 0.15) is 16.0 Å². The number of carbonyl (C=O) groups excluding carboxylic acids is 1. The van der Waals surface area contributed by atoms with Crippen LogP contribution >= 0.6 is 22.9 Å². The van der Waals surface area contributed by atoms with E-state index in [0.29, 0.717) is 4.34 Å². The molecule has 106 valence electrons. The average Bonchev–Trinajstić information content (AvgIpc) is 2.84. The van der Waals surface area contributed by atoms with Gasteiger partial charge in [-0.15, -0.1) is 11.3 Å². The molecular formula is C13H10ClFO3S2. The van der Waals surface area contributed by atoms with E-state index in [-0.39, 0.29) is 4.88 Å². The number of hydrogen-bond acceptors (Lipinski definition) is 4. The van der Waals surface area contributed by atoms with Crippen molar-refractivity contribution in [2.45, 2.75) is 17.1 Å². The van der Waals surface area contributed by atoms with E-state index >= 15 is 0 Å². The molecule has 2 aromatic rings. The molecule has 1 aromatic heterocycles. The first-order chi connectivity index (χ1) is 9.34. The van der Waals surface area contributed by atoms with Gasteiger partial charge < -0.3 is 0 Å². The third-order valence-electron chi connectivity index (χ3n) is 2.79. The van der Waals surface area contributed by atoms with Crippen LogP contribution in [0.5, 0.6) is 0 Å². The molecule has 20 heavy (non-hydrogen) atoms. The largest absolute Gasteiger partial charge is 0.292 e. The molecule has 7 heteroatoms. The van der Waals surface area contributed by atoms with E-state index in [1.165, 1.54) is 31.2 Å². The third kappa shape index (κ3) is 2.77. The van der Waals surface area contributed by atoms with Crippen molar-refractivity contribution >= 4 is 38.6 Å². The van der Waals surface area contributed by atoms with Gasteiger partial charge in [0.15, 0.2) is 15.6 Å². The summed E-state index contributed by atoms with van der Waals surface area (Å²) in [4.78, 5) is 11.9. The maximum absolute atomic E-state index is 13.6. The fraction of sp³-hybridized carbons (Fsp3) is 0.154. The summed E-state index contributed by atoms with van der Waals surface area (Å²) in [5, 5.41) is -1.37.